The van der Waals surface area contributed by atoms with Crippen molar-refractivity contribution in [3.63, 3.8) is 0 Å². The predicted molar refractivity (Wildman–Crippen MR) is 65.3 cm³/mol. The number of esters is 1. The maximum absolute atomic E-state index is 11.5. The van der Waals surface area contributed by atoms with Crippen molar-refractivity contribution in [1.82, 2.24) is 0 Å². The first-order chi connectivity index (χ1) is 6.77. The molecular formula is C10H10ClIO2. The molecule has 1 unspecified atom stereocenters. The van der Waals surface area contributed by atoms with Crippen LogP contribution in [0, 0.1) is 0 Å². The number of hydrogen-bond acceptors (Lipinski definition) is 2. The number of carbonyl (C=O) groups is 1. The highest BCUT2D eigenvalue weighted by molar-refractivity contribution is 14.1. The van der Waals surface area contributed by atoms with Crippen LogP contribution in [0.5, 0.6) is 0 Å². The molecule has 0 N–H and O–H groups in total. The summed E-state index contributed by atoms with van der Waals surface area (Å²) in [6.45, 7) is 0. The molecule has 0 amide bonds. The molecule has 0 aromatic heterocycles. The molecule has 1 atom stereocenters. The lowest BCUT2D eigenvalue weighted by molar-refractivity contribution is 0.0396. The summed E-state index contributed by atoms with van der Waals surface area (Å²) in [5, 5.41) is 0. The molecule has 0 spiro atoms. The Morgan fingerprint density at radius 2 is 2.07 bits per heavy atom. The van der Waals surface area contributed by atoms with Crippen LogP contribution < -0.4 is 0 Å². The van der Waals surface area contributed by atoms with E-state index in [9.17, 15) is 4.79 Å². The van der Waals surface area contributed by atoms with Crippen LogP contribution in [-0.4, -0.2) is 22.4 Å². The summed E-state index contributed by atoms with van der Waals surface area (Å²) >= 11 is 7.76. The zero-order valence-corrected chi connectivity index (χ0v) is 10.4. The Morgan fingerprint density at radius 1 is 1.43 bits per heavy atom. The summed E-state index contributed by atoms with van der Waals surface area (Å²) in [5.74, 6) is 0.0227. The molecule has 0 aliphatic rings. The lowest BCUT2D eigenvalue weighted by Gasteiger charge is -2.11. The zero-order valence-electron chi connectivity index (χ0n) is 7.45. The van der Waals surface area contributed by atoms with Crippen LogP contribution in [0.4, 0.5) is 0 Å². The number of hydrogen-bond donors (Lipinski definition) is 0. The number of rotatable bonds is 4. The van der Waals surface area contributed by atoms with E-state index in [0.717, 1.165) is 0 Å². The molecule has 0 aliphatic carbocycles. The maximum Gasteiger partial charge on any atom is 0.338 e. The number of ether oxygens (including phenoxy) is 1. The fourth-order valence-corrected chi connectivity index (χ4v) is 1.93. The van der Waals surface area contributed by atoms with E-state index in [4.69, 9.17) is 16.3 Å². The maximum atomic E-state index is 11.5. The summed E-state index contributed by atoms with van der Waals surface area (Å²) in [4.78, 5) is 11.5. The van der Waals surface area contributed by atoms with Gasteiger partial charge in [0.05, 0.1) is 11.4 Å². The van der Waals surface area contributed by atoms with E-state index >= 15 is 0 Å². The first kappa shape index (κ1) is 11.8. The first-order valence-corrected chi connectivity index (χ1v) is 6.22. The zero-order chi connectivity index (χ0) is 10.4. The second-order valence-electron chi connectivity index (χ2n) is 2.70. The minimum atomic E-state index is -0.312. The van der Waals surface area contributed by atoms with E-state index in [1.165, 1.54) is 0 Å². The molecule has 2 nitrogen and oxygen atoms in total. The van der Waals surface area contributed by atoms with Crippen molar-refractivity contribution in [1.29, 1.82) is 0 Å². The number of halogens is 2. The van der Waals surface area contributed by atoms with E-state index in [1.54, 1.807) is 24.3 Å². The molecule has 0 bridgehead atoms. The number of alkyl halides is 2. The van der Waals surface area contributed by atoms with Crippen LogP contribution >= 0.6 is 34.2 Å². The van der Waals surface area contributed by atoms with Crippen LogP contribution in [0.15, 0.2) is 30.3 Å². The molecule has 1 rings (SSSR count). The summed E-state index contributed by atoms with van der Waals surface area (Å²) < 4.78 is 5.86. The average Bonchev–Trinajstić information content (AvgIpc) is 2.26. The highest BCUT2D eigenvalue weighted by Crippen LogP contribution is 2.06. The van der Waals surface area contributed by atoms with Crippen LogP contribution in [0.3, 0.4) is 0 Å². The van der Waals surface area contributed by atoms with E-state index < -0.39 is 0 Å². The fraction of sp³-hybridized carbons (Fsp3) is 0.300. The third kappa shape index (κ3) is 3.46. The Hall–Kier alpha value is -0.290. The van der Waals surface area contributed by atoms with Crippen molar-refractivity contribution in [2.45, 2.75) is 6.10 Å². The predicted octanol–water partition coefficient (Wildman–Crippen LogP) is 2.89. The lowest BCUT2D eigenvalue weighted by Crippen LogP contribution is -2.21. The van der Waals surface area contributed by atoms with Gasteiger partial charge in [-0.15, -0.1) is 11.6 Å². The molecule has 0 saturated carbocycles. The van der Waals surface area contributed by atoms with Gasteiger partial charge in [0.15, 0.2) is 0 Å². The van der Waals surface area contributed by atoms with Crippen molar-refractivity contribution in [2.24, 2.45) is 0 Å². The smallest absolute Gasteiger partial charge is 0.338 e. The summed E-state index contributed by atoms with van der Waals surface area (Å²) in [6, 6.07) is 8.91. The van der Waals surface area contributed by atoms with Gasteiger partial charge in [0.1, 0.15) is 6.10 Å². The summed E-state index contributed by atoms with van der Waals surface area (Å²) in [7, 11) is 0. The molecule has 1 aromatic carbocycles. The summed E-state index contributed by atoms with van der Waals surface area (Å²) in [6.07, 6.45) is -0.204. The molecule has 0 saturated heterocycles. The monoisotopic (exact) mass is 324 g/mol. The van der Waals surface area contributed by atoms with Crippen LogP contribution in [0.1, 0.15) is 10.4 Å². The normalized spacial score (nSPS) is 12.1. The Bertz CT molecular complexity index is 285. The van der Waals surface area contributed by atoms with Gasteiger partial charge in [0, 0.05) is 4.43 Å². The molecule has 14 heavy (non-hydrogen) atoms. The van der Waals surface area contributed by atoms with Gasteiger partial charge in [-0.1, -0.05) is 40.8 Å². The second kappa shape index (κ2) is 6.24. The second-order valence-corrected chi connectivity index (χ2v) is 3.89. The van der Waals surface area contributed by atoms with Crippen LogP contribution in [0.2, 0.25) is 0 Å². The Morgan fingerprint density at radius 3 is 2.57 bits per heavy atom. The van der Waals surface area contributed by atoms with Crippen molar-refractivity contribution < 1.29 is 9.53 Å². The molecule has 0 heterocycles. The van der Waals surface area contributed by atoms with E-state index in [0.29, 0.717) is 15.9 Å². The molecule has 0 radical (unpaired) electrons. The SMILES string of the molecule is O=C(OC(CCl)CI)c1ccccc1. The lowest BCUT2D eigenvalue weighted by atomic mass is 10.2. The van der Waals surface area contributed by atoms with Crippen LogP contribution in [0.25, 0.3) is 0 Å². The summed E-state index contributed by atoms with van der Waals surface area (Å²) in [5.41, 5.74) is 0.562. The molecule has 4 heteroatoms. The topological polar surface area (TPSA) is 26.3 Å². The highest BCUT2D eigenvalue weighted by atomic mass is 127. The standard InChI is InChI=1S/C10H10ClIO2/c11-6-9(7-12)14-10(13)8-4-2-1-3-5-8/h1-5,9H,6-7H2. The van der Waals surface area contributed by atoms with Gasteiger partial charge in [-0.3, -0.25) is 0 Å². The average molecular weight is 325 g/mol. The molecule has 76 valence electrons. The minimum absolute atomic E-state index is 0.204. The van der Waals surface area contributed by atoms with Crippen molar-refractivity contribution in [2.75, 3.05) is 10.3 Å². The molecule has 1 aromatic rings. The van der Waals surface area contributed by atoms with Crippen LogP contribution in [-0.2, 0) is 4.74 Å². The Labute approximate surface area is 102 Å². The largest absolute Gasteiger partial charge is 0.457 e. The molecule has 0 fully saturated rings. The third-order valence-corrected chi connectivity index (χ3v) is 2.95. The third-order valence-electron chi connectivity index (χ3n) is 1.63. The van der Waals surface area contributed by atoms with Gasteiger partial charge in [-0.2, -0.15) is 0 Å². The van der Waals surface area contributed by atoms with Crippen molar-refractivity contribution in [3.8, 4) is 0 Å². The fourth-order valence-electron chi connectivity index (χ4n) is 0.898. The van der Waals surface area contributed by atoms with Gasteiger partial charge in [-0.05, 0) is 12.1 Å². The van der Waals surface area contributed by atoms with Gasteiger partial charge in [-0.25, -0.2) is 4.79 Å². The van der Waals surface area contributed by atoms with Crippen molar-refractivity contribution in [3.05, 3.63) is 35.9 Å². The van der Waals surface area contributed by atoms with Crippen molar-refractivity contribution >= 4 is 40.2 Å². The molecule has 0 aliphatic heterocycles. The van der Waals surface area contributed by atoms with Gasteiger partial charge in [0.25, 0.3) is 0 Å². The van der Waals surface area contributed by atoms with E-state index in [2.05, 4.69) is 22.6 Å². The Kier molecular flexibility index (Phi) is 5.25. The van der Waals surface area contributed by atoms with E-state index in [1.807, 2.05) is 6.07 Å². The van der Waals surface area contributed by atoms with E-state index in [-0.39, 0.29) is 12.1 Å². The number of benzene rings is 1. The highest BCUT2D eigenvalue weighted by Gasteiger charge is 2.13. The first-order valence-electron chi connectivity index (χ1n) is 4.16. The van der Waals surface area contributed by atoms with Gasteiger partial charge in [0.2, 0.25) is 0 Å². The number of carbonyl (C=O) groups excluding carboxylic acids is 1. The van der Waals surface area contributed by atoms with Gasteiger partial charge < -0.3 is 4.74 Å². The molecular weight excluding hydrogens is 314 g/mol. The van der Waals surface area contributed by atoms with Gasteiger partial charge >= 0.3 is 5.97 Å². The quantitative estimate of drug-likeness (QED) is 0.484. The minimum Gasteiger partial charge on any atom is -0.457 e. The Balaban J connectivity index is 2.59.